The van der Waals surface area contributed by atoms with E-state index in [0.717, 1.165) is 35.3 Å². The highest BCUT2D eigenvalue weighted by Crippen LogP contribution is 2.34. The largest absolute Gasteiger partial charge is 0.317 e. The highest BCUT2D eigenvalue weighted by Gasteiger charge is 2.23. The number of ketones is 1. The molecule has 2 nitrogen and oxygen atoms in total. The van der Waals surface area contributed by atoms with E-state index < -0.39 is 0 Å². The lowest BCUT2D eigenvalue weighted by atomic mass is 9.96. The lowest BCUT2D eigenvalue weighted by Crippen LogP contribution is -2.12. The molecule has 1 heterocycles. The number of benzene rings is 1. The van der Waals surface area contributed by atoms with Crippen molar-refractivity contribution < 1.29 is 4.79 Å². The van der Waals surface area contributed by atoms with E-state index in [-0.39, 0.29) is 5.78 Å². The summed E-state index contributed by atoms with van der Waals surface area (Å²) in [6.07, 6.45) is 4.29. The maximum Gasteiger partial charge on any atom is 0.164 e. The quantitative estimate of drug-likeness (QED) is 0.752. The van der Waals surface area contributed by atoms with Crippen molar-refractivity contribution in [2.75, 3.05) is 0 Å². The third-order valence-electron chi connectivity index (χ3n) is 3.61. The van der Waals surface area contributed by atoms with Crippen molar-refractivity contribution >= 4 is 29.0 Å². The van der Waals surface area contributed by atoms with Gasteiger partial charge in [0.25, 0.3) is 0 Å². The van der Waals surface area contributed by atoms with Crippen LogP contribution in [0.4, 0.5) is 0 Å². The van der Waals surface area contributed by atoms with Gasteiger partial charge in [0, 0.05) is 23.9 Å². The maximum absolute atomic E-state index is 11.9. The van der Waals surface area contributed by atoms with Gasteiger partial charge in [-0.2, -0.15) is 0 Å². The Balaban J connectivity index is 2.24. The molecule has 1 aliphatic carbocycles. The lowest BCUT2D eigenvalue weighted by molar-refractivity contribution is 0.0972. The zero-order valence-electron chi connectivity index (χ0n) is 10.5. The highest BCUT2D eigenvalue weighted by molar-refractivity contribution is 6.38. The molecule has 98 valence electrons. The van der Waals surface area contributed by atoms with Crippen molar-refractivity contribution in [2.45, 2.75) is 26.2 Å². The fraction of sp³-hybridized carbons (Fsp3) is 0.267. The van der Waals surface area contributed by atoms with Crippen LogP contribution >= 0.6 is 23.2 Å². The molecule has 0 unspecified atom stereocenters. The summed E-state index contributed by atoms with van der Waals surface area (Å²) in [6, 6.07) is 5.61. The van der Waals surface area contributed by atoms with E-state index in [4.69, 9.17) is 23.2 Å². The number of carbonyl (C=O) groups excluding carboxylic acids is 1. The summed E-state index contributed by atoms with van der Waals surface area (Å²) < 4.78 is 1.96. The van der Waals surface area contributed by atoms with Crippen LogP contribution in [0.15, 0.2) is 24.4 Å². The van der Waals surface area contributed by atoms with E-state index in [1.165, 1.54) is 0 Å². The normalized spacial score (nSPS) is 14.6. The summed E-state index contributed by atoms with van der Waals surface area (Å²) in [5, 5.41) is 1.25. The Labute approximate surface area is 121 Å². The Kier molecular flexibility index (Phi) is 3.15. The minimum atomic E-state index is 0.208. The van der Waals surface area contributed by atoms with Crippen LogP contribution in [0.1, 0.15) is 34.5 Å². The molecule has 3 rings (SSSR count). The smallest absolute Gasteiger partial charge is 0.164 e. The molecular weight excluding hydrogens is 281 g/mol. The number of fused-ring (bicyclic) bond motifs is 1. The molecule has 0 atom stereocenters. The number of hydrogen-bond donors (Lipinski definition) is 0. The van der Waals surface area contributed by atoms with Crippen LogP contribution in [0.5, 0.6) is 0 Å². The molecule has 0 fully saturated rings. The molecule has 2 aromatic rings. The van der Waals surface area contributed by atoms with Crippen molar-refractivity contribution in [2.24, 2.45) is 0 Å². The molecule has 0 N–H and O–H groups in total. The Morgan fingerprint density at radius 3 is 2.74 bits per heavy atom. The van der Waals surface area contributed by atoms with Gasteiger partial charge < -0.3 is 4.57 Å². The Morgan fingerprint density at radius 1 is 1.16 bits per heavy atom. The number of Topliss-reactive ketones (excluding diaryl/α,β-unsaturated/α-hetero) is 1. The van der Waals surface area contributed by atoms with Gasteiger partial charge in [-0.25, -0.2) is 0 Å². The van der Waals surface area contributed by atoms with Gasteiger partial charge in [-0.3, -0.25) is 4.79 Å². The van der Waals surface area contributed by atoms with E-state index in [1.54, 1.807) is 0 Å². The first-order chi connectivity index (χ1) is 9.09. The Bertz CT molecular complexity index is 673. The fourth-order valence-corrected chi connectivity index (χ4v) is 3.15. The molecule has 0 radical (unpaired) electrons. The molecule has 0 saturated heterocycles. The van der Waals surface area contributed by atoms with Gasteiger partial charge in [0.1, 0.15) is 0 Å². The summed E-state index contributed by atoms with van der Waals surface area (Å²) in [4.78, 5) is 11.9. The topological polar surface area (TPSA) is 22.0 Å². The Hall–Kier alpha value is -1.25. The first-order valence-corrected chi connectivity index (χ1v) is 7.03. The van der Waals surface area contributed by atoms with E-state index in [9.17, 15) is 4.79 Å². The molecule has 0 spiro atoms. The average molecular weight is 294 g/mol. The van der Waals surface area contributed by atoms with Crippen LogP contribution in [-0.2, 0) is 6.42 Å². The number of aryl methyl sites for hydroxylation is 1. The molecular formula is C15H13Cl2NO. The standard InChI is InChI=1S/C15H13Cl2NO/c1-9-5-6-11(16)15(14(9)17)18-8-7-10-12(18)3-2-4-13(10)19/h5-8H,2-4H2,1H3. The van der Waals surface area contributed by atoms with Crippen LogP contribution in [0, 0.1) is 6.92 Å². The second-order valence-electron chi connectivity index (χ2n) is 4.85. The summed E-state index contributed by atoms with van der Waals surface area (Å²) in [5.74, 6) is 0.208. The van der Waals surface area contributed by atoms with Gasteiger partial charge >= 0.3 is 0 Å². The minimum Gasteiger partial charge on any atom is -0.317 e. The van der Waals surface area contributed by atoms with Crippen LogP contribution in [-0.4, -0.2) is 10.4 Å². The van der Waals surface area contributed by atoms with E-state index >= 15 is 0 Å². The molecule has 19 heavy (non-hydrogen) atoms. The van der Waals surface area contributed by atoms with Crippen molar-refractivity contribution in [3.63, 3.8) is 0 Å². The molecule has 0 aliphatic heterocycles. The van der Waals surface area contributed by atoms with Crippen LogP contribution < -0.4 is 0 Å². The summed E-state index contributed by atoms with van der Waals surface area (Å²) in [7, 11) is 0. The SMILES string of the molecule is Cc1ccc(Cl)c(-n2ccc3c2CCCC3=O)c1Cl. The van der Waals surface area contributed by atoms with Crippen molar-refractivity contribution in [1.82, 2.24) is 4.57 Å². The van der Waals surface area contributed by atoms with E-state index in [0.29, 0.717) is 16.5 Å². The van der Waals surface area contributed by atoms with Gasteiger partial charge in [0.05, 0.1) is 15.7 Å². The van der Waals surface area contributed by atoms with Gasteiger partial charge in [0.15, 0.2) is 5.78 Å². The predicted octanol–water partition coefficient (Wildman–Crippen LogP) is 4.61. The average Bonchev–Trinajstić information content (AvgIpc) is 2.80. The fourth-order valence-electron chi connectivity index (χ4n) is 2.60. The summed E-state index contributed by atoms with van der Waals surface area (Å²) in [5.41, 5.74) is 3.58. The van der Waals surface area contributed by atoms with Gasteiger partial charge in [0.2, 0.25) is 0 Å². The zero-order chi connectivity index (χ0) is 13.6. The monoisotopic (exact) mass is 293 g/mol. The molecule has 0 bridgehead atoms. The Morgan fingerprint density at radius 2 is 1.95 bits per heavy atom. The van der Waals surface area contributed by atoms with E-state index in [1.807, 2.05) is 35.9 Å². The van der Waals surface area contributed by atoms with Crippen LogP contribution in [0.3, 0.4) is 0 Å². The molecule has 0 saturated carbocycles. The number of hydrogen-bond acceptors (Lipinski definition) is 1. The van der Waals surface area contributed by atoms with Crippen LogP contribution in [0.2, 0.25) is 10.0 Å². The molecule has 1 aromatic carbocycles. The number of aromatic nitrogens is 1. The van der Waals surface area contributed by atoms with Gasteiger partial charge in [-0.1, -0.05) is 29.3 Å². The second-order valence-corrected chi connectivity index (χ2v) is 5.63. The third-order valence-corrected chi connectivity index (χ3v) is 4.39. The first kappa shape index (κ1) is 12.8. The number of carbonyl (C=O) groups is 1. The number of rotatable bonds is 1. The van der Waals surface area contributed by atoms with Crippen molar-refractivity contribution in [3.8, 4) is 5.69 Å². The zero-order valence-corrected chi connectivity index (χ0v) is 12.1. The number of nitrogens with zero attached hydrogens (tertiary/aromatic N) is 1. The third kappa shape index (κ3) is 1.99. The molecule has 1 aromatic heterocycles. The number of halogens is 2. The van der Waals surface area contributed by atoms with Gasteiger partial charge in [-0.15, -0.1) is 0 Å². The van der Waals surface area contributed by atoms with Gasteiger partial charge in [-0.05, 0) is 37.5 Å². The highest BCUT2D eigenvalue weighted by atomic mass is 35.5. The van der Waals surface area contributed by atoms with E-state index in [2.05, 4.69) is 0 Å². The molecule has 1 aliphatic rings. The maximum atomic E-state index is 11.9. The lowest BCUT2D eigenvalue weighted by Gasteiger charge is -2.17. The molecule has 4 heteroatoms. The van der Waals surface area contributed by atoms with Crippen molar-refractivity contribution in [1.29, 1.82) is 0 Å². The van der Waals surface area contributed by atoms with Crippen LogP contribution in [0.25, 0.3) is 5.69 Å². The van der Waals surface area contributed by atoms with Crippen molar-refractivity contribution in [3.05, 3.63) is 51.3 Å². The molecule has 0 amide bonds. The summed E-state index contributed by atoms with van der Waals surface area (Å²) in [6.45, 7) is 1.95. The summed E-state index contributed by atoms with van der Waals surface area (Å²) >= 11 is 12.7. The minimum absolute atomic E-state index is 0.208. The predicted molar refractivity (Wildman–Crippen MR) is 77.8 cm³/mol. The first-order valence-electron chi connectivity index (χ1n) is 6.28. The second kappa shape index (κ2) is 4.69.